The summed E-state index contributed by atoms with van der Waals surface area (Å²) < 4.78 is 76.6. The molecule has 4 nitrogen and oxygen atoms in total. The molecular weight excluding hydrogens is 701 g/mol. The quantitative estimate of drug-likeness (QED) is 0.170. The van der Waals surface area contributed by atoms with Gasteiger partial charge in [0.15, 0.2) is 17.5 Å². The molecule has 0 spiro atoms. The van der Waals surface area contributed by atoms with E-state index in [1.54, 1.807) is 15.9 Å². The zero-order chi connectivity index (χ0) is 44.0. The number of thiophene rings is 1. The molecule has 0 atom stereocenters. The van der Waals surface area contributed by atoms with E-state index in [-0.39, 0.29) is 81.3 Å². The first-order chi connectivity index (χ1) is 31.0. The number of fused-ring (bicyclic) bond motifs is 6. The summed E-state index contributed by atoms with van der Waals surface area (Å²) >= 11 is 1.69. The summed E-state index contributed by atoms with van der Waals surface area (Å²) in [5.41, 5.74) is 4.88. The van der Waals surface area contributed by atoms with Gasteiger partial charge < -0.3 is 4.57 Å². The third kappa shape index (κ3) is 5.40. The van der Waals surface area contributed by atoms with Crippen LogP contribution in [0.25, 0.3) is 104 Å². The SMILES string of the molecule is [2H]c1cc([2H])c(-c2cc([2H])c3c(c2[2H])c2c([2H])c([2H])cc([2H])c2n3-c2cc(-c3cccc4c3sc3ccccc34)ccc2-c2nc(-c3ccccc3)nc(-c3ccccc3)n2)c([2H])c1. The van der Waals surface area contributed by atoms with E-state index >= 15 is 0 Å². The Labute approximate surface area is 338 Å². The molecule has 0 aliphatic rings. The van der Waals surface area contributed by atoms with Crippen molar-refractivity contribution in [2.75, 3.05) is 0 Å². The van der Waals surface area contributed by atoms with Crippen LogP contribution in [0.3, 0.4) is 0 Å². The molecule has 0 unspecified atom stereocenters. The Morgan fingerprint density at radius 1 is 0.429 bits per heavy atom. The second kappa shape index (κ2) is 13.3. The molecular formula is C51H32N4S. The van der Waals surface area contributed by atoms with Gasteiger partial charge in [0.05, 0.1) is 27.7 Å². The van der Waals surface area contributed by atoms with Gasteiger partial charge in [0, 0.05) is 47.6 Å². The van der Waals surface area contributed by atoms with Crippen LogP contribution in [-0.4, -0.2) is 19.5 Å². The van der Waals surface area contributed by atoms with Gasteiger partial charge >= 0.3 is 0 Å². The second-order valence-electron chi connectivity index (χ2n) is 13.3. The maximum Gasteiger partial charge on any atom is 0.166 e. The van der Waals surface area contributed by atoms with Crippen LogP contribution in [0.5, 0.6) is 0 Å². The highest BCUT2D eigenvalue weighted by atomic mass is 32.1. The zero-order valence-electron chi connectivity index (χ0n) is 37.6. The van der Waals surface area contributed by atoms with Crippen molar-refractivity contribution in [3.05, 3.63) is 194 Å². The van der Waals surface area contributed by atoms with Crippen LogP contribution in [0.2, 0.25) is 0 Å². The molecule has 0 saturated heterocycles. The Balaban J connectivity index is 1.29. The summed E-state index contributed by atoms with van der Waals surface area (Å²) in [6, 6.07) is 43.8. The molecule has 262 valence electrons. The first-order valence-corrected chi connectivity index (χ1v) is 18.9. The van der Waals surface area contributed by atoms with Gasteiger partial charge in [-0.3, -0.25) is 0 Å². The molecule has 5 heteroatoms. The molecule has 11 rings (SSSR count). The number of hydrogen-bond donors (Lipinski definition) is 0. The molecule has 0 saturated carbocycles. The first-order valence-electron chi connectivity index (χ1n) is 22.1. The normalized spacial score (nSPS) is 13.6. The molecule has 3 aromatic heterocycles. The second-order valence-corrected chi connectivity index (χ2v) is 14.4. The number of hydrogen-bond acceptors (Lipinski definition) is 4. The predicted molar refractivity (Wildman–Crippen MR) is 234 cm³/mol. The Bertz CT molecular complexity index is 3640. The molecule has 8 aromatic carbocycles. The largest absolute Gasteiger partial charge is 0.308 e. The molecule has 0 aliphatic carbocycles. The minimum absolute atomic E-state index is 0.0249. The van der Waals surface area contributed by atoms with Crippen molar-refractivity contribution >= 4 is 53.3 Å². The highest BCUT2D eigenvalue weighted by Crippen LogP contribution is 2.43. The summed E-state index contributed by atoms with van der Waals surface area (Å²) in [4.78, 5) is 15.1. The van der Waals surface area contributed by atoms with Crippen molar-refractivity contribution in [3.8, 4) is 62.1 Å². The van der Waals surface area contributed by atoms with Crippen molar-refractivity contribution in [3.63, 3.8) is 0 Å². The zero-order valence-corrected chi connectivity index (χ0v) is 30.4. The Morgan fingerprint density at radius 2 is 1.11 bits per heavy atom. The summed E-state index contributed by atoms with van der Waals surface area (Å²) in [7, 11) is 0. The summed E-state index contributed by atoms with van der Waals surface area (Å²) in [5.74, 6) is 1.17. The first kappa shape index (κ1) is 25.0. The van der Waals surface area contributed by atoms with E-state index in [4.69, 9.17) is 20.4 Å². The van der Waals surface area contributed by atoms with E-state index in [9.17, 15) is 5.48 Å². The average Bonchev–Trinajstić information content (AvgIpc) is 3.88. The van der Waals surface area contributed by atoms with Gasteiger partial charge in [0.25, 0.3) is 0 Å². The lowest BCUT2D eigenvalue weighted by Gasteiger charge is -2.17. The van der Waals surface area contributed by atoms with E-state index in [2.05, 4.69) is 24.3 Å². The van der Waals surface area contributed by atoms with Crippen LogP contribution in [-0.2, 0) is 0 Å². The number of nitrogens with zero attached hydrogens (tertiary/aromatic N) is 4. The van der Waals surface area contributed by atoms with Gasteiger partial charge in [-0.2, -0.15) is 0 Å². The minimum Gasteiger partial charge on any atom is -0.308 e. The number of benzene rings is 8. The van der Waals surface area contributed by atoms with Gasteiger partial charge in [-0.05, 0) is 58.6 Å². The molecule has 0 radical (unpaired) electrons. The molecule has 11 aromatic rings. The number of para-hydroxylation sites is 1. The number of rotatable bonds is 6. The van der Waals surface area contributed by atoms with Crippen LogP contribution >= 0.6 is 11.3 Å². The lowest BCUT2D eigenvalue weighted by Crippen LogP contribution is -2.04. The highest BCUT2D eigenvalue weighted by molar-refractivity contribution is 7.26. The fraction of sp³-hybridized carbons (Fsp3) is 0. The fourth-order valence-corrected chi connectivity index (χ4v) is 8.67. The van der Waals surface area contributed by atoms with E-state index < -0.39 is 0 Å². The third-order valence-corrected chi connectivity index (χ3v) is 11.2. The maximum absolute atomic E-state index is 9.75. The molecule has 0 fully saturated rings. The fourth-order valence-electron chi connectivity index (χ4n) is 7.43. The van der Waals surface area contributed by atoms with Crippen LogP contribution in [0.4, 0.5) is 0 Å². The monoisotopic (exact) mass is 740 g/mol. The van der Waals surface area contributed by atoms with E-state index in [1.165, 1.54) is 24.3 Å². The topological polar surface area (TPSA) is 43.6 Å². The lowest BCUT2D eigenvalue weighted by molar-refractivity contribution is 1.06. The van der Waals surface area contributed by atoms with Crippen molar-refractivity contribution in [1.29, 1.82) is 0 Å². The Hall–Kier alpha value is -7.21. The maximum atomic E-state index is 9.75. The van der Waals surface area contributed by atoms with Gasteiger partial charge in [-0.25, -0.2) is 15.0 Å². The third-order valence-electron chi connectivity index (χ3n) is 10.0. The van der Waals surface area contributed by atoms with Crippen LogP contribution in [0.15, 0.2) is 194 Å². The Kier molecular flexibility index (Phi) is 5.92. The summed E-state index contributed by atoms with van der Waals surface area (Å²) in [6.07, 6.45) is 0. The predicted octanol–water partition coefficient (Wildman–Crippen LogP) is 13.7. The Morgan fingerprint density at radius 3 is 1.89 bits per heavy atom. The highest BCUT2D eigenvalue weighted by Gasteiger charge is 2.21. The smallest absolute Gasteiger partial charge is 0.166 e. The van der Waals surface area contributed by atoms with Gasteiger partial charge in [0.2, 0.25) is 0 Å². The van der Waals surface area contributed by atoms with Gasteiger partial charge in [-0.1, -0.05) is 158 Å². The molecule has 0 amide bonds. The van der Waals surface area contributed by atoms with Gasteiger partial charge in [0.1, 0.15) is 0 Å². The standard InChI is InChI=1S/C51H32N4S/c1-4-15-33(16-5-1)36-28-30-45-43(31-36)39-21-10-12-25-44(39)55(45)46-32-37(38-23-14-24-41-40-22-11-13-26-47(40)56-48(38)41)27-29-42(46)51-53-49(34-17-6-2-7-18-34)52-50(54-51)35-19-8-3-9-20-35/h1-32H/i1D,10D,15D,16D,21D,25D,30D,31D. The van der Waals surface area contributed by atoms with Crippen LogP contribution in [0, 0.1) is 0 Å². The summed E-state index contributed by atoms with van der Waals surface area (Å²) in [6.45, 7) is 0. The van der Waals surface area contributed by atoms with Crippen molar-refractivity contribution in [2.24, 2.45) is 0 Å². The molecule has 0 N–H and O–H groups in total. The van der Waals surface area contributed by atoms with E-state index in [0.29, 0.717) is 28.7 Å². The molecule has 3 heterocycles. The molecule has 56 heavy (non-hydrogen) atoms. The minimum atomic E-state index is -0.232. The average molecular weight is 741 g/mol. The van der Waals surface area contributed by atoms with Gasteiger partial charge in [-0.15, -0.1) is 11.3 Å². The van der Waals surface area contributed by atoms with Crippen LogP contribution in [0.1, 0.15) is 11.0 Å². The molecule has 0 bridgehead atoms. The van der Waals surface area contributed by atoms with Crippen molar-refractivity contribution in [2.45, 2.75) is 0 Å². The van der Waals surface area contributed by atoms with Crippen molar-refractivity contribution in [1.82, 2.24) is 19.5 Å². The number of aromatic nitrogens is 4. The van der Waals surface area contributed by atoms with Crippen molar-refractivity contribution < 1.29 is 11.0 Å². The van der Waals surface area contributed by atoms with E-state index in [0.717, 1.165) is 42.4 Å². The van der Waals surface area contributed by atoms with E-state index in [1.807, 2.05) is 97.1 Å². The van der Waals surface area contributed by atoms with Crippen LogP contribution < -0.4 is 0 Å². The molecule has 0 aliphatic heterocycles. The lowest BCUT2D eigenvalue weighted by atomic mass is 9.99. The summed E-state index contributed by atoms with van der Waals surface area (Å²) in [5, 5.41) is 2.50.